The molecule has 1 unspecified atom stereocenters. The van der Waals surface area contributed by atoms with Crippen molar-refractivity contribution in [3.8, 4) is 0 Å². The number of rotatable bonds is 5. The molecule has 1 aliphatic heterocycles. The first-order valence-corrected chi connectivity index (χ1v) is 8.75. The molecule has 142 valence electrons. The molecule has 0 bridgehead atoms. The maximum atomic E-state index is 12.5. The maximum Gasteiger partial charge on any atom is 0.415 e. The smallest absolute Gasteiger partial charge is 0.382 e. The SMILES string of the molecule is CN(CC(O)C(F)(F)F)C1CN(c2ccc3nnc(C4CCC4)n3n2)C1. The molecule has 1 atom stereocenters. The van der Waals surface area contributed by atoms with Crippen LogP contribution < -0.4 is 4.90 Å². The van der Waals surface area contributed by atoms with E-state index >= 15 is 0 Å². The zero-order valence-corrected chi connectivity index (χ0v) is 14.4. The Morgan fingerprint density at radius 2 is 2.00 bits per heavy atom. The largest absolute Gasteiger partial charge is 0.415 e. The van der Waals surface area contributed by atoms with Crippen molar-refractivity contribution in [3.05, 3.63) is 18.0 Å². The third kappa shape index (κ3) is 3.11. The number of hydrogen-bond acceptors (Lipinski definition) is 6. The molecule has 4 rings (SSSR count). The van der Waals surface area contributed by atoms with Crippen LogP contribution in [-0.2, 0) is 0 Å². The van der Waals surface area contributed by atoms with Crippen molar-refractivity contribution in [2.45, 2.75) is 43.5 Å². The molecule has 0 spiro atoms. The molecule has 0 aromatic carbocycles. The van der Waals surface area contributed by atoms with Crippen LogP contribution in [0.1, 0.15) is 31.0 Å². The van der Waals surface area contributed by atoms with Gasteiger partial charge in [-0.3, -0.25) is 4.90 Å². The normalized spacial score (nSPS) is 20.5. The van der Waals surface area contributed by atoms with Crippen LogP contribution in [0.5, 0.6) is 0 Å². The van der Waals surface area contributed by atoms with Gasteiger partial charge in [-0.15, -0.1) is 15.3 Å². The van der Waals surface area contributed by atoms with Crippen molar-refractivity contribution in [2.24, 2.45) is 0 Å². The van der Waals surface area contributed by atoms with Gasteiger partial charge in [0.2, 0.25) is 0 Å². The van der Waals surface area contributed by atoms with E-state index in [1.54, 1.807) is 16.5 Å². The minimum absolute atomic E-state index is 0.0449. The molecule has 1 saturated heterocycles. The lowest BCUT2D eigenvalue weighted by Crippen LogP contribution is -2.60. The number of halogens is 3. The zero-order valence-electron chi connectivity index (χ0n) is 14.4. The van der Waals surface area contributed by atoms with Gasteiger partial charge in [-0.05, 0) is 32.0 Å². The van der Waals surface area contributed by atoms with E-state index in [9.17, 15) is 18.3 Å². The summed E-state index contributed by atoms with van der Waals surface area (Å²) in [5.41, 5.74) is 0.707. The molecule has 1 aliphatic carbocycles. The molecule has 10 heteroatoms. The van der Waals surface area contributed by atoms with E-state index in [-0.39, 0.29) is 6.04 Å². The van der Waals surface area contributed by atoms with Gasteiger partial charge in [0.05, 0.1) is 0 Å². The van der Waals surface area contributed by atoms with Gasteiger partial charge >= 0.3 is 6.18 Å². The van der Waals surface area contributed by atoms with Crippen LogP contribution in [0.15, 0.2) is 12.1 Å². The molecular formula is C16H21F3N6O. The Labute approximate surface area is 148 Å². The van der Waals surface area contributed by atoms with Crippen LogP contribution in [-0.4, -0.2) is 74.8 Å². The van der Waals surface area contributed by atoms with Crippen LogP contribution in [0.3, 0.4) is 0 Å². The Hall–Kier alpha value is -1.94. The molecule has 1 N–H and O–H groups in total. The number of aliphatic hydroxyl groups is 1. The highest BCUT2D eigenvalue weighted by atomic mass is 19.4. The lowest BCUT2D eigenvalue weighted by Gasteiger charge is -2.45. The number of aromatic nitrogens is 4. The number of nitrogens with zero attached hydrogens (tertiary/aromatic N) is 6. The van der Waals surface area contributed by atoms with E-state index in [1.165, 1.54) is 6.42 Å². The van der Waals surface area contributed by atoms with Gasteiger partial charge in [0.15, 0.2) is 17.6 Å². The van der Waals surface area contributed by atoms with Gasteiger partial charge < -0.3 is 10.0 Å². The van der Waals surface area contributed by atoms with E-state index in [4.69, 9.17) is 0 Å². The van der Waals surface area contributed by atoms with E-state index in [0.29, 0.717) is 24.7 Å². The quantitative estimate of drug-likeness (QED) is 0.859. The van der Waals surface area contributed by atoms with E-state index in [0.717, 1.165) is 24.5 Å². The Morgan fingerprint density at radius 1 is 1.27 bits per heavy atom. The number of fused-ring (bicyclic) bond motifs is 1. The van der Waals surface area contributed by atoms with Crippen molar-refractivity contribution < 1.29 is 18.3 Å². The van der Waals surface area contributed by atoms with Gasteiger partial charge in [0.25, 0.3) is 0 Å². The van der Waals surface area contributed by atoms with Crippen molar-refractivity contribution in [1.82, 2.24) is 24.7 Å². The second kappa shape index (κ2) is 6.34. The highest BCUT2D eigenvalue weighted by Crippen LogP contribution is 2.35. The number of anilines is 1. The van der Waals surface area contributed by atoms with Crippen LogP contribution in [0.25, 0.3) is 5.65 Å². The third-order valence-electron chi connectivity index (χ3n) is 5.39. The fraction of sp³-hybridized carbons (Fsp3) is 0.688. The lowest BCUT2D eigenvalue weighted by molar-refractivity contribution is -0.208. The number of likely N-dealkylation sites (N-methyl/N-ethyl adjacent to an activating group) is 1. The fourth-order valence-electron chi connectivity index (χ4n) is 3.33. The van der Waals surface area contributed by atoms with Crippen molar-refractivity contribution in [2.75, 3.05) is 31.6 Å². The van der Waals surface area contributed by atoms with Crippen molar-refractivity contribution in [3.63, 3.8) is 0 Å². The minimum atomic E-state index is -4.59. The Kier molecular flexibility index (Phi) is 4.26. The number of hydrogen-bond donors (Lipinski definition) is 1. The second-order valence-corrected chi connectivity index (χ2v) is 7.20. The predicted octanol–water partition coefficient (Wildman–Crippen LogP) is 1.44. The van der Waals surface area contributed by atoms with Gasteiger partial charge in [0.1, 0.15) is 5.82 Å². The highest BCUT2D eigenvalue weighted by molar-refractivity contribution is 5.48. The Morgan fingerprint density at radius 3 is 2.62 bits per heavy atom. The second-order valence-electron chi connectivity index (χ2n) is 7.20. The minimum Gasteiger partial charge on any atom is -0.382 e. The molecule has 26 heavy (non-hydrogen) atoms. The monoisotopic (exact) mass is 370 g/mol. The first-order valence-electron chi connectivity index (χ1n) is 8.75. The first-order chi connectivity index (χ1) is 12.3. The average molecular weight is 370 g/mol. The van der Waals surface area contributed by atoms with E-state index < -0.39 is 18.8 Å². The standard InChI is InChI=1S/C16H21F3N6O/c1-23(9-12(26)16(17,18)19)11-7-24(8-11)14-6-5-13-20-21-15(25(13)22-14)10-3-2-4-10/h5-6,10-12,26H,2-4,7-9H2,1H3. The molecule has 1 saturated carbocycles. The molecule has 0 radical (unpaired) electrons. The summed E-state index contributed by atoms with van der Waals surface area (Å²) < 4.78 is 39.2. The van der Waals surface area contributed by atoms with Gasteiger partial charge in [0, 0.05) is 31.6 Å². The molecule has 3 heterocycles. The van der Waals surface area contributed by atoms with E-state index in [1.807, 2.05) is 17.0 Å². The Balaban J connectivity index is 1.40. The summed E-state index contributed by atoms with van der Waals surface area (Å²) in [7, 11) is 1.60. The van der Waals surface area contributed by atoms with E-state index in [2.05, 4.69) is 15.3 Å². The summed E-state index contributed by atoms with van der Waals surface area (Å²) in [6.45, 7) is 0.715. The zero-order chi connectivity index (χ0) is 18.5. The molecular weight excluding hydrogens is 349 g/mol. The van der Waals surface area contributed by atoms with Crippen LogP contribution in [0, 0.1) is 0 Å². The fourth-order valence-corrected chi connectivity index (χ4v) is 3.33. The third-order valence-corrected chi connectivity index (χ3v) is 5.39. The summed E-state index contributed by atoms with van der Waals surface area (Å²) >= 11 is 0. The van der Waals surface area contributed by atoms with Crippen LogP contribution in [0.2, 0.25) is 0 Å². The number of alkyl halides is 3. The van der Waals surface area contributed by atoms with Gasteiger partial charge in [-0.25, -0.2) is 0 Å². The Bertz CT molecular complexity index is 784. The maximum absolute atomic E-state index is 12.5. The van der Waals surface area contributed by atoms with Crippen LogP contribution >= 0.6 is 0 Å². The van der Waals surface area contributed by atoms with Gasteiger partial charge in [-0.2, -0.15) is 17.7 Å². The summed E-state index contributed by atoms with van der Waals surface area (Å²) in [6.07, 6.45) is -3.51. The van der Waals surface area contributed by atoms with Crippen molar-refractivity contribution >= 4 is 11.5 Å². The lowest BCUT2D eigenvalue weighted by atomic mass is 9.85. The summed E-state index contributed by atoms with van der Waals surface area (Å²) in [5.74, 6) is 2.06. The molecule has 7 nitrogen and oxygen atoms in total. The average Bonchev–Trinajstić information content (AvgIpc) is 2.86. The number of aliphatic hydroxyl groups excluding tert-OH is 1. The molecule has 2 fully saturated rings. The predicted molar refractivity (Wildman–Crippen MR) is 88.1 cm³/mol. The molecule has 0 amide bonds. The highest BCUT2D eigenvalue weighted by Gasteiger charge is 2.41. The van der Waals surface area contributed by atoms with Gasteiger partial charge in [-0.1, -0.05) is 6.42 Å². The molecule has 2 aromatic rings. The summed E-state index contributed by atoms with van der Waals surface area (Å²) in [4.78, 5) is 3.55. The summed E-state index contributed by atoms with van der Waals surface area (Å²) in [6, 6.07) is 3.67. The molecule has 2 aromatic heterocycles. The molecule has 2 aliphatic rings. The first kappa shape index (κ1) is 17.5. The van der Waals surface area contributed by atoms with Crippen molar-refractivity contribution in [1.29, 1.82) is 0 Å². The topological polar surface area (TPSA) is 69.8 Å². The summed E-state index contributed by atoms with van der Waals surface area (Å²) in [5, 5.41) is 22.2. The van der Waals surface area contributed by atoms with Crippen LogP contribution in [0.4, 0.5) is 19.0 Å².